The van der Waals surface area contributed by atoms with E-state index in [0.29, 0.717) is 16.4 Å². The predicted octanol–water partition coefficient (Wildman–Crippen LogP) is 5.15. The minimum absolute atomic E-state index is 0.160. The first-order valence-electron chi connectivity index (χ1n) is 7.56. The van der Waals surface area contributed by atoms with E-state index >= 15 is 0 Å². The van der Waals surface area contributed by atoms with Crippen LogP contribution in [-0.2, 0) is 6.42 Å². The number of rotatable bonds is 4. The first kappa shape index (κ1) is 15.6. The zero-order chi connectivity index (χ0) is 16.4. The highest BCUT2D eigenvalue weighted by molar-refractivity contribution is 6.32. The summed E-state index contributed by atoms with van der Waals surface area (Å²) in [6.07, 6.45) is 0.575. The lowest BCUT2D eigenvalue weighted by Gasteiger charge is -2.16. The topological polar surface area (TPSA) is 39.4 Å². The van der Waals surface area contributed by atoms with Crippen molar-refractivity contribution in [3.05, 3.63) is 75.1 Å². The van der Waals surface area contributed by atoms with Crippen LogP contribution in [-0.4, -0.2) is 0 Å². The number of benzene rings is 2. The molecule has 0 saturated heterocycles. The molecule has 0 aliphatic rings. The van der Waals surface area contributed by atoms with Gasteiger partial charge < -0.3 is 9.15 Å². The Bertz CT molecular complexity index is 884. The van der Waals surface area contributed by atoms with Crippen LogP contribution in [0.5, 0.6) is 5.75 Å². The largest absolute Gasteiger partial charge is 0.484 e. The molecule has 0 amide bonds. The molecule has 3 rings (SSSR count). The van der Waals surface area contributed by atoms with Gasteiger partial charge in [0.1, 0.15) is 17.4 Å². The van der Waals surface area contributed by atoms with Gasteiger partial charge >= 0.3 is 5.63 Å². The van der Waals surface area contributed by atoms with Gasteiger partial charge in [-0.05, 0) is 30.5 Å². The van der Waals surface area contributed by atoms with Crippen molar-refractivity contribution in [1.82, 2.24) is 0 Å². The molecule has 0 unspecified atom stereocenters. The summed E-state index contributed by atoms with van der Waals surface area (Å²) in [5, 5.41) is 1.35. The third-order valence-electron chi connectivity index (χ3n) is 3.84. The highest BCUT2D eigenvalue weighted by Crippen LogP contribution is 2.34. The number of hydrogen-bond donors (Lipinski definition) is 0. The first-order chi connectivity index (χ1) is 11.1. The maximum atomic E-state index is 11.7. The predicted molar refractivity (Wildman–Crippen MR) is 92.4 cm³/mol. The zero-order valence-corrected chi connectivity index (χ0v) is 13.8. The Morgan fingerprint density at radius 3 is 2.61 bits per heavy atom. The lowest BCUT2D eigenvalue weighted by molar-refractivity contribution is 0.227. The molecule has 0 fully saturated rings. The van der Waals surface area contributed by atoms with Crippen molar-refractivity contribution >= 4 is 22.6 Å². The molecule has 2 aromatic carbocycles. The van der Waals surface area contributed by atoms with E-state index in [4.69, 9.17) is 20.8 Å². The van der Waals surface area contributed by atoms with Crippen LogP contribution in [0.15, 0.2) is 57.7 Å². The Labute approximate surface area is 139 Å². The molecule has 0 N–H and O–H groups in total. The number of halogens is 1. The second-order valence-electron chi connectivity index (χ2n) is 5.39. The van der Waals surface area contributed by atoms with E-state index in [2.05, 4.69) is 0 Å². The van der Waals surface area contributed by atoms with Crippen LogP contribution in [0.3, 0.4) is 0 Å². The van der Waals surface area contributed by atoms with E-state index in [9.17, 15) is 4.79 Å². The van der Waals surface area contributed by atoms with Gasteiger partial charge in [0, 0.05) is 17.5 Å². The van der Waals surface area contributed by atoms with Gasteiger partial charge in [-0.25, -0.2) is 4.79 Å². The first-order valence-corrected chi connectivity index (χ1v) is 7.94. The normalized spacial score (nSPS) is 12.3. The molecule has 0 aliphatic heterocycles. The Morgan fingerprint density at radius 1 is 1.17 bits per heavy atom. The van der Waals surface area contributed by atoms with E-state index in [0.717, 1.165) is 22.9 Å². The number of ether oxygens (including phenoxy) is 1. The summed E-state index contributed by atoms with van der Waals surface area (Å²) in [6, 6.07) is 14.9. The molecule has 0 spiro atoms. The minimum atomic E-state index is -0.362. The van der Waals surface area contributed by atoms with Gasteiger partial charge in [0.15, 0.2) is 0 Å². The van der Waals surface area contributed by atoms with Gasteiger partial charge in [0.05, 0.1) is 5.02 Å². The number of aryl methyl sites for hydroxylation is 1. The van der Waals surface area contributed by atoms with E-state index in [1.54, 1.807) is 12.1 Å². The third-order valence-corrected chi connectivity index (χ3v) is 4.13. The maximum Gasteiger partial charge on any atom is 0.336 e. The summed E-state index contributed by atoms with van der Waals surface area (Å²) >= 11 is 6.36. The van der Waals surface area contributed by atoms with Gasteiger partial charge in [-0.15, -0.1) is 0 Å². The highest BCUT2D eigenvalue weighted by Gasteiger charge is 2.13. The lowest BCUT2D eigenvalue weighted by atomic mass is 10.1. The Hall–Kier alpha value is -2.26. The lowest BCUT2D eigenvalue weighted by Crippen LogP contribution is -2.04. The second-order valence-corrected chi connectivity index (χ2v) is 5.80. The van der Waals surface area contributed by atoms with E-state index in [1.165, 1.54) is 6.07 Å². The number of fused-ring (bicyclic) bond motifs is 1. The molecular weight excluding hydrogens is 312 g/mol. The molecule has 118 valence electrons. The minimum Gasteiger partial charge on any atom is -0.484 e. The maximum absolute atomic E-state index is 11.7. The van der Waals surface area contributed by atoms with Crippen LogP contribution in [0, 0.1) is 0 Å². The molecule has 1 aromatic heterocycles. The van der Waals surface area contributed by atoms with E-state index in [1.807, 2.05) is 44.2 Å². The smallest absolute Gasteiger partial charge is 0.336 e. The van der Waals surface area contributed by atoms with Crippen LogP contribution >= 0.6 is 11.6 Å². The monoisotopic (exact) mass is 328 g/mol. The van der Waals surface area contributed by atoms with Crippen molar-refractivity contribution < 1.29 is 9.15 Å². The molecule has 4 heteroatoms. The van der Waals surface area contributed by atoms with Gasteiger partial charge in [0.2, 0.25) is 0 Å². The zero-order valence-electron chi connectivity index (χ0n) is 13.0. The van der Waals surface area contributed by atoms with Crippen molar-refractivity contribution in [3.63, 3.8) is 0 Å². The van der Waals surface area contributed by atoms with Crippen LogP contribution in [0.4, 0.5) is 0 Å². The average Bonchev–Trinajstić information content (AvgIpc) is 2.56. The summed E-state index contributed by atoms with van der Waals surface area (Å²) in [5.74, 6) is 0.506. The van der Waals surface area contributed by atoms with E-state index < -0.39 is 0 Å². The van der Waals surface area contributed by atoms with Crippen molar-refractivity contribution in [2.75, 3.05) is 0 Å². The average molecular weight is 329 g/mol. The van der Waals surface area contributed by atoms with Crippen molar-refractivity contribution in [2.45, 2.75) is 26.4 Å². The van der Waals surface area contributed by atoms with Gasteiger partial charge in [0.25, 0.3) is 0 Å². The fourth-order valence-corrected chi connectivity index (χ4v) is 2.80. The second kappa shape index (κ2) is 6.47. The SMILES string of the molecule is CCc1cc(=O)oc2cc(O[C@@H](C)c3ccccc3)c(Cl)cc12. The summed E-state index contributed by atoms with van der Waals surface area (Å²) in [6.45, 7) is 3.94. The number of hydrogen-bond acceptors (Lipinski definition) is 3. The molecule has 23 heavy (non-hydrogen) atoms. The van der Waals surface area contributed by atoms with E-state index in [-0.39, 0.29) is 11.7 Å². The van der Waals surface area contributed by atoms with Gasteiger partial charge in [-0.2, -0.15) is 0 Å². The van der Waals surface area contributed by atoms with Gasteiger partial charge in [-0.3, -0.25) is 0 Å². The standard InChI is InChI=1S/C19H17ClO3/c1-3-13-9-19(21)23-17-11-18(16(20)10-15(13)17)22-12(2)14-7-5-4-6-8-14/h4-12H,3H2,1-2H3/t12-/m0/s1. The summed E-state index contributed by atoms with van der Waals surface area (Å²) < 4.78 is 11.3. The van der Waals surface area contributed by atoms with Gasteiger partial charge in [-0.1, -0.05) is 48.9 Å². The molecule has 0 radical (unpaired) electrons. The van der Waals surface area contributed by atoms with Crippen LogP contribution in [0.25, 0.3) is 11.0 Å². The van der Waals surface area contributed by atoms with Crippen molar-refractivity contribution in [3.8, 4) is 5.75 Å². The molecule has 1 atom stereocenters. The Morgan fingerprint density at radius 2 is 1.91 bits per heavy atom. The summed E-state index contributed by atoms with van der Waals surface area (Å²) in [5.41, 5.74) is 2.10. The fraction of sp³-hybridized carbons (Fsp3) is 0.211. The van der Waals surface area contributed by atoms with Crippen LogP contribution < -0.4 is 10.4 Å². The Kier molecular flexibility index (Phi) is 4.39. The molecule has 1 heterocycles. The third kappa shape index (κ3) is 3.25. The molecule has 3 nitrogen and oxygen atoms in total. The molecule has 0 bridgehead atoms. The van der Waals surface area contributed by atoms with Crippen LogP contribution in [0.1, 0.15) is 31.1 Å². The van der Waals surface area contributed by atoms with Crippen LogP contribution in [0.2, 0.25) is 5.02 Å². The quantitative estimate of drug-likeness (QED) is 0.622. The molecule has 0 aliphatic carbocycles. The summed E-state index contributed by atoms with van der Waals surface area (Å²) in [4.78, 5) is 11.7. The highest BCUT2D eigenvalue weighted by atomic mass is 35.5. The summed E-state index contributed by atoms with van der Waals surface area (Å²) in [7, 11) is 0. The molecule has 3 aromatic rings. The molecule has 0 saturated carbocycles. The Balaban J connectivity index is 2.02. The van der Waals surface area contributed by atoms with Crippen molar-refractivity contribution in [2.24, 2.45) is 0 Å². The molecular formula is C19H17ClO3. The fourth-order valence-electron chi connectivity index (χ4n) is 2.59. The van der Waals surface area contributed by atoms with Crippen molar-refractivity contribution in [1.29, 1.82) is 0 Å².